The van der Waals surface area contributed by atoms with Gasteiger partial charge in [-0.1, -0.05) is 18.6 Å². The minimum atomic E-state index is -0.570. The molecule has 1 saturated heterocycles. The zero-order valence-corrected chi connectivity index (χ0v) is 14.7. The maximum Gasteiger partial charge on any atom is 0.104 e. The lowest BCUT2D eigenvalue weighted by Gasteiger charge is -2.56. The number of hydrogen-bond acceptors (Lipinski definition) is 1. The van der Waals surface area contributed by atoms with Crippen LogP contribution in [0, 0.1) is 35.0 Å². The number of allylic oxidation sites excluding steroid dienone is 2. The second kappa shape index (κ2) is 4.84. The fraction of sp³-hybridized carbons (Fsp3) is 0.905. The summed E-state index contributed by atoms with van der Waals surface area (Å²) in [4.78, 5) is 0. The number of epoxide rings is 1. The van der Waals surface area contributed by atoms with Crippen LogP contribution < -0.4 is 0 Å². The maximum absolute atomic E-state index is 15.2. The predicted octanol–water partition coefficient (Wildman–Crippen LogP) is 5.30. The number of rotatable bonds is 0. The highest BCUT2D eigenvalue weighted by Gasteiger charge is 2.60. The fourth-order valence-electron chi connectivity index (χ4n) is 7.56. The second-order valence-corrected chi connectivity index (χ2v) is 9.54. The van der Waals surface area contributed by atoms with Gasteiger partial charge in [-0.15, -0.1) is 0 Å². The van der Waals surface area contributed by atoms with Gasteiger partial charge in [-0.3, -0.25) is 0 Å². The first kappa shape index (κ1) is 14.9. The average Bonchev–Trinajstić information content (AvgIpc) is 3.19. The maximum atomic E-state index is 15.2. The van der Waals surface area contributed by atoms with Crippen molar-refractivity contribution in [2.24, 2.45) is 35.0 Å². The molecule has 4 saturated carbocycles. The third-order valence-corrected chi connectivity index (χ3v) is 8.84. The van der Waals surface area contributed by atoms with E-state index in [1.54, 1.807) is 5.57 Å². The van der Waals surface area contributed by atoms with E-state index >= 15 is 4.39 Å². The van der Waals surface area contributed by atoms with Crippen LogP contribution in [0.15, 0.2) is 11.6 Å². The van der Waals surface area contributed by atoms with Crippen LogP contribution in [0.25, 0.3) is 0 Å². The van der Waals surface area contributed by atoms with Gasteiger partial charge in [0.25, 0.3) is 0 Å². The molecule has 0 aromatic carbocycles. The molecule has 4 aliphatic carbocycles. The molecule has 1 heterocycles. The van der Waals surface area contributed by atoms with Crippen LogP contribution in [-0.2, 0) is 4.74 Å². The Kier molecular flexibility index (Phi) is 3.14. The summed E-state index contributed by atoms with van der Waals surface area (Å²) in [5.41, 5.74) is 2.18. The molecular formula is C21H31FO. The number of alkyl halides is 1. The number of fused-ring (bicyclic) bond motifs is 5. The van der Waals surface area contributed by atoms with Crippen molar-refractivity contribution in [1.29, 1.82) is 0 Å². The Morgan fingerprint density at radius 3 is 2.57 bits per heavy atom. The molecular weight excluding hydrogens is 287 g/mol. The number of ether oxygens (including phenoxy) is 1. The van der Waals surface area contributed by atoms with E-state index in [0.29, 0.717) is 23.2 Å². The Morgan fingerprint density at radius 2 is 1.83 bits per heavy atom. The van der Waals surface area contributed by atoms with E-state index in [2.05, 4.69) is 19.9 Å². The van der Waals surface area contributed by atoms with Gasteiger partial charge in [-0.2, -0.15) is 0 Å². The Labute approximate surface area is 140 Å². The van der Waals surface area contributed by atoms with Crippen LogP contribution in [0.3, 0.4) is 0 Å². The first-order chi connectivity index (χ1) is 11.1. The summed E-state index contributed by atoms with van der Waals surface area (Å²) in [6.45, 7) is 5.60. The molecule has 5 rings (SSSR count). The van der Waals surface area contributed by atoms with E-state index in [-0.39, 0.29) is 5.60 Å². The molecule has 1 aliphatic heterocycles. The summed E-state index contributed by atoms with van der Waals surface area (Å²) in [5.74, 6) is 3.16. The van der Waals surface area contributed by atoms with Gasteiger partial charge in [0.1, 0.15) is 6.17 Å². The number of hydrogen-bond donors (Lipinski definition) is 0. The van der Waals surface area contributed by atoms with Gasteiger partial charge in [0.05, 0.1) is 12.2 Å². The molecule has 0 aromatic heterocycles. The van der Waals surface area contributed by atoms with Crippen molar-refractivity contribution in [3.8, 4) is 0 Å². The molecule has 0 bridgehead atoms. The minimum Gasteiger partial charge on any atom is -0.370 e. The summed E-state index contributed by atoms with van der Waals surface area (Å²) in [7, 11) is 0. The molecule has 5 aliphatic rings. The summed E-state index contributed by atoms with van der Waals surface area (Å²) >= 11 is 0. The van der Waals surface area contributed by atoms with Crippen LogP contribution in [0.2, 0.25) is 0 Å². The van der Waals surface area contributed by atoms with Gasteiger partial charge in [0.2, 0.25) is 0 Å². The largest absolute Gasteiger partial charge is 0.370 e. The summed E-state index contributed by atoms with van der Waals surface area (Å²) in [6.07, 6.45) is 11.4. The number of halogens is 1. The van der Waals surface area contributed by atoms with Crippen molar-refractivity contribution in [3.05, 3.63) is 11.6 Å². The molecule has 0 radical (unpaired) electrons. The van der Waals surface area contributed by atoms with Crippen LogP contribution in [0.5, 0.6) is 0 Å². The predicted molar refractivity (Wildman–Crippen MR) is 89.8 cm³/mol. The van der Waals surface area contributed by atoms with Gasteiger partial charge in [-0.25, -0.2) is 4.39 Å². The van der Waals surface area contributed by atoms with Crippen LogP contribution in [0.4, 0.5) is 4.39 Å². The Balaban J connectivity index is 1.43. The highest BCUT2D eigenvalue weighted by molar-refractivity contribution is 5.23. The molecule has 0 amide bonds. The molecule has 0 N–H and O–H groups in total. The van der Waals surface area contributed by atoms with Gasteiger partial charge >= 0.3 is 0 Å². The molecule has 2 heteroatoms. The summed E-state index contributed by atoms with van der Waals surface area (Å²) < 4.78 is 20.9. The lowest BCUT2D eigenvalue weighted by Crippen LogP contribution is -2.52. The molecule has 128 valence electrons. The zero-order valence-electron chi connectivity index (χ0n) is 14.7. The van der Waals surface area contributed by atoms with E-state index < -0.39 is 6.17 Å². The molecule has 23 heavy (non-hydrogen) atoms. The Bertz CT molecular complexity index is 536. The quantitative estimate of drug-likeness (QED) is 0.436. The minimum absolute atomic E-state index is 0.118. The van der Waals surface area contributed by atoms with Crippen LogP contribution >= 0.6 is 0 Å². The van der Waals surface area contributed by atoms with Crippen molar-refractivity contribution in [1.82, 2.24) is 0 Å². The molecule has 5 fully saturated rings. The SMILES string of the molecule is CC=C1CC[C@H]2[C@@H]3C[C@@H](F)[C@H]4CC5(CC[C@@H]4[C@H]3CC[C@]12C)CO5. The summed E-state index contributed by atoms with van der Waals surface area (Å²) in [5, 5.41) is 0. The van der Waals surface area contributed by atoms with Crippen LogP contribution in [-0.4, -0.2) is 18.4 Å². The van der Waals surface area contributed by atoms with Crippen molar-refractivity contribution < 1.29 is 9.13 Å². The van der Waals surface area contributed by atoms with Gasteiger partial charge in [0.15, 0.2) is 0 Å². The molecule has 1 spiro atoms. The van der Waals surface area contributed by atoms with E-state index in [4.69, 9.17) is 4.74 Å². The van der Waals surface area contributed by atoms with E-state index in [9.17, 15) is 0 Å². The van der Waals surface area contributed by atoms with Crippen molar-refractivity contribution in [2.45, 2.75) is 77.0 Å². The second-order valence-electron chi connectivity index (χ2n) is 9.54. The lowest BCUT2D eigenvalue weighted by atomic mass is 9.49. The lowest BCUT2D eigenvalue weighted by molar-refractivity contribution is -0.0874. The van der Waals surface area contributed by atoms with Crippen LogP contribution in [0.1, 0.15) is 65.2 Å². The third kappa shape index (κ3) is 2.00. The Hall–Kier alpha value is -0.370. The molecule has 1 unspecified atom stereocenters. The van der Waals surface area contributed by atoms with E-state index in [1.165, 1.54) is 38.5 Å². The molecule has 0 aromatic rings. The first-order valence-corrected chi connectivity index (χ1v) is 10.00. The van der Waals surface area contributed by atoms with Gasteiger partial charge < -0.3 is 4.74 Å². The highest BCUT2D eigenvalue weighted by Crippen LogP contribution is 2.65. The van der Waals surface area contributed by atoms with Gasteiger partial charge in [0, 0.05) is 0 Å². The average molecular weight is 318 g/mol. The zero-order chi connectivity index (χ0) is 15.8. The normalized spacial score (nSPS) is 59.5. The smallest absolute Gasteiger partial charge is 0.104 e. The standard InChI is InChI=1S/C21H31FO/c1-3-13-4-5-18-16-10-19(22)17-11-21(12-23-21)9-7-15(17)14(16)6-8-20(13,18)2/h3,14-19H,4-12H2,1-2H3/t14-,15-,16-,17+,18+,19-,20-,21?/m1/s1. The monoisotopic (exact) mass is 318 g/mol. The molecule has 1 nitrogen and oxygen atoms in total. The Morgan fingerprint density at radius 1 is 1.09 bits per heavy atom. The van der Waals surface area contributed by atoms with Crippen molar-refractivity contribution in [3.63, 3.8) is 0 Å². The van der Waals surface area contributed by atoms with E-state index in [1.807, 2.05) is 0 Å². The fourth-order valence-corrected chi connectivity index (χ4v) is 7.56. The summed E-state index contributed by atoms with van der Waals surface area (Å²) in [6, 6.07) is 0. The molecule has 8 atom stereocenters. The third-order valence-electron chi connectivity index (χ3n) is 8.84. The van der Waals surface area contributed by atoms with Crippen molar-refractivity contribution >= 4 is 0 Å². The first-order valence-electron chi connectivity index (χ1n) is 10.00. The van der Waals surface area contributed by atoms with Gasteiger partial charge in [-0.05, 0) is 93.3 Å². The highest BCUT2D eigenvalue weighted by atomic mass is 19.1. The van der Waals surface area contributed by atoms with E-state index in [0.717, 1.165) is 31.3 Å². The topological polar surface area (TPSA) is 12.5 Å². The van der Waals surface area contributed by atoms with Crippen molar-refractivity contribution in [2.75, 3.05) is 6.61 Å².